The van der Waals surface area contributed by atoms with Gasteiger partial charge in [0.2, 0.25) is 5.91 Å². The summed E-state index contributed by atoms with van der Waals surface area (Å²) in [5, 5.41) is 14.1. The Balaban J connectivity index is 3.57. The molecule has 0 saturated heterocycles. The van der Waals surface area contributed by atoms with Crippen LogP contribution in [0.15, 0.2) is 5.11 Å². The second-order valence-corrected chi connectivity index (χ2v) is 2.79. The monoisotopic (exact) mass is 215 g/mol. The Bertz CT molecular complexity index is 274. The predicted molar refractivity (Wildman–Crippen MR) is 51.9 cm³/mol. The average Bonchev–Trinajstić information content (AvgIpc) is 2.20. The Morgan fingerprint density at radius 1 is 1.60 bits per heavy atom. The quantitative estimate of drug-likeness (QED) is 0.230. The van der Waals surface area contributed by atoms with Gasteiger partial charge in [-0.15, -0.1) is 0 Å². The Morgan fingerprint density at radius 2 is 2.27 bits per heavy atom. The number of aliphatic carboxylic acids is 1. The van der Waals surface area contributed by atoms with Gasteiger partial charge >= 0.3 is 5.97 Å². The van der Waals surface area contributed by atoms with Crippen molar-refractivity contribution in [1.82, 2.24) is 5.32 Å². The largest absolute Gasteiger partial charge is 0.480 e. The number of carbonyl (C=O) groups is 2. The van der Waals surface area contributed by atoms with Gasteiger partial charge in [-0.2, -0.15) is 0 Å². The molecule has 0 aromatic heterocycles. The van der Waals surface area contributed by atoms with Gasteiger partial charge in [-0.05, 0) is 12.0 Å². The molecule has 0 bridgehead atoms. The fraction of sp³-hybridized carbons (Fsp3) is 0.714. The summed E-state index contributed by atoms with van der Waals surface area (Å²) in [6, 6.07) is -1.02. The summed E-state index contributed by atoms with van der Waals surface area (Å²) >= 11 is 0. The molecular formula is C7H13N5O3. The highest BCUT2D eigenvalue weighted by molar-refractivity contribution is 5.78. The first-order valence-corrected chi connectivity index (χ1v) is 4.34. The molecule has 4 N–H and O–H groups in total. The summed E-state index contributed by atoms with van der Waals surface area (Å²) in [7, 11) is 0. The Morgan fingerprint density at radius 3 is 2.80 bits per heavy atom. The van der Waals surface area contributed by atoms with Crippen LogP contribution < -0.4 is 11.1 Å². The van der Waals surface area contributed by atoms with Crippen LogP contribution in [0.25, 0.3) is 10.4 Å². The van der Waals surface area contributed by atoms with E-state index >= 15 is 0 Å². The fourth-order valence-electron chi connectivity index (χ4n) is 0.789. The number of carbonyl (C=O) groups excluding carboxylic acids is 1. The minimum absolute atomic E-state index is 0.0454. The first kappa shape index (κ1) is 13.2. The van der Waals surface area contributed by atoms with Gasteiger partial charge in [0.15, 0.2) is 0 Å². The third kappa shape index (κ3) is 7.29. The van der Waals surface area contributed by atoms with Gasteiger partial charge in [0, 0.05) is 24.4 Å². The number of rotatable bonds is 7. The fourth-order valence-corrected chi connectivity index (χ4v) is 0.789. The average molecular weight is 215 g/mol. The van der Waals surface area contributed by atoms with Crippen LogP contribution in [0.2, 0.25) is 0 Å². The van der Waals surface area contributed by atoms with Crippen molar-refractivity contribution in [3.8, 4) is 0 Å². The summed E-state index contributed by atoms with van der Waals surface area (Å²) in [5.74, 6) is -1.43. The summed E-state index contributed by atoms with van der Waals surface area (Å²) in [6.07, 6.45) is 0.131. The maximum Gasteiger partial charge on any atom is 0.320 e. The molecular weight excluding hydrogens is 202 g/mol. The third-order valence-corrected chi connectivity index (χ3v) is 1.60. The molecule has 0 rings (SSSR count). The Kier molecular flexibility index (Phi) is 6.69. The number of azide groups is 1. The van der Waals surface area contributed by atoms with Crippen molar-refractivity contribution < 1.29 is 14.7 Å². The van der Waals surface area contributed by atoms with Gasteiger partial charge in [0.05, 0.1) is 0 Å². The van der Waals surface area contributed by atoms with Gasteiger partial charge in [-0.25, -0.2) is 0 Å². The van der Waals surface area contributed by atoms with Gasteiger partial charge in [0.1, 0.15) is 6.04 Å². The number of carboxylic acid groups (broad SMARTS) is 1. The van der Waals surface area contributed by atoms with Gasteiger partial charge in [-0.3, -0.25) is 9.59 Å². The molecule has 0 aliphatic heterocycles. The SMILES string of the molecule is [N-]=[N+]=NCCNC(=O)CCC(N)C(=O)O. The van der Waals surface area contributed by atoms with E-state index in [1.54, 1.807) is 0 Å². The van der Waals surface area contributed by atoms with Crippen LogP contribution in [-0.2, 0) is 9.59 Å². The van der Waals surface area contributed by atoms with Crippen LogP contribution in [0, 0.1) is 0 Å². The van der Waals surface area contributed by atoms with E-state index in [1.165, 1.54) is 0 Å². The molecule has 0 aliphatic carbocycles. The lowest BCUT2D eigenvalue weighted by Gasteiger charge is -2.06. The van der Waals surface area contributed by atoms with Crippen molar-refractivity contribution in [1.29, 1.82) is 0 Å². The van der Waals surface area contributed by atoms with Crippen LogP contribution in [0.1, 0.15) is 12.8 Å². The van der Waals surface area contributed by atoms with Crippen LogP contribution in [-0.4, -0.2) is 36.1 Å². The number of hydrogen-bond acceptors (Lipinski definition) is 4. The van der Waals surface area contributed by atoms with Crippen LogP contribution in [0.4, 0.5) is 0 Å². The van der Waals surface area contributed by atoms with Gasteiger partial charge in [0.25, 0.3) is 0 Å². The Hall–Kier alpha value is -1.79. The zero-order valence-corrected chi connectivity index (χ0v) is 8.09. The molecule has 1 atom stereocenters. The van der Waals surface area contributed by atoms with E-state index in [1.807, 2.05) is 0 Å². The lowest BCUT2D eigenvalue weighted by Crippen LogP contribution is -2.33. The second kappa shape index (κ2) is 7.60. The van der Waals surface area contributed by atoms with Crippen LogP contribution >= 0.6 is 0 Å². The summed E-state index contributed by atoms with van der Waals surface area (Å²) in [4.78, 5) is 23.8. The van der Waals surface area contributed by atoms with E-state index < -0.39 is 12.0 Å². The van der Waals surface area contributed by atoms with Crippen LogP contribution in [0.3, 0.4) is 0 Å². The number of nitrogens with one attached hydrogen (secondary N) is 1. The topological polar surface area (TPSA) is 141 Å². The van der Waals surface area contributed by atoms with Crippen molar-refractivity contribution in [2.75, 3.05) is 13.1 Å². The third-order valence-electron chi connectivity index (χ3n) is 1.60. The van der Waals surface area contributed by atoms with Crippen molar-refractivity contribution in [3.05, 3.63) is 10.4 Å². The molecule has 1 amide bonds. The van der Waals surface area contributed by atoms with Crippen molar-refractivity contribution in [2.45, 2.75) is 18.9 Å². The zero-order valence-electron chi connectivity index (χ0n) is 8.09. The molecule has 8 nitrogen and oxygen atoms in total. The van der Waals surface area contributed by atoms with E-state index in [-0.39, 0.29) is 31.8 Å². The van der Waals surface area contributed by atoms with Crippen molar-refractivity contribution >= 4 is 11.9 Å². The smallest absolute Gasteiger partial charge is 0.320 e. The zero-order chi connectivity index (χ0) is 11.7. The molecule has 8 heteroatoms. The van der Waals surface area contributed by atoms with Gasteiger partial charge < -0.3 is 16.2 Å². The maximum atomic E-state index is 11.0. The number of amides is 1. The molecule has 0 spiro atoms. The molecule has 0 aromatic carbocycles. The van der Waals surface area contributed by atoms with E-state index in [2.05, 4.69) is 15.3 Å². The molecule has 0 fully saturated rings. The Labute approximate surface area is 86.1 Å². The summed E-state index contributed by atoms with van der Waals surface area (Å²) in [5.41, 5.74) is 13.1. The molecule has 1 unspecified atom stereocenters. The number of nitrogens with zero attached hydrogens (tertiary/aromatic N) is 3. The predicted octanol–water partition coefficient (Wildman–Crippen LogP) is -0.395. The molecule has 0 radical (unpaired) electrons. The van der Waals surface area contributed by atoms with E-state index in [4.69, 9.17) is 16.4 Å². The first-order chi connectivity index (χ1) is 7.07. The minimum Gasteiger partial charge on any atom is -0.480 e. The summed E-state index contributed by atoms with van der Waals surface area (Å²) < 4.78 is 0. The molecule has 15 heavy (non-hydrogen) atoms. The lowest BCUT2D eigenvalue weighted by atomic mass is 10.1. The first-order valence-electron chi connectivity index (χ1n) is 4.34. The van der Waals surface area contributed by atoms with E-state index in [9.17, 15) is 9.59 Å². The number of carboxylic acids is 1. The highest BCUT2D eigenvalue weighted by Crippen LogP contribution is 1.94. The van der Waals surface area contributed by atoms with Crippen LogP contribution in [0.5, 0.6) is 0 Å². The maximum absolute atomic E-state index is 11.0. The molecule has 0 saturated carbocycles. The molecule has 0 heterocycles. The highest BCUT2D eigenvalue weighted by Gasteiger charge is 2.12. The standard InChI is InChI=1S/C7H13N5O3/c8-5(7(14)15)1-2-6(13)10-3-4-11-12-9/h5H,1-4,8H2,(H,10,13)(H,14,15). The molecule has 84 valence electrons. The highest BCUT2D eigenvalue weighted by atomic mass is 16.4. The second-order valence-electron chi connectivity index (χ2n) is 2.79. The molecule has 0 aliphatic rings. The van der Waals surface area contributed by atoms with E-state index in [0.29, 0.717) is 0 Å². The lowest BCUT2D eigenvalue weighted by molar-refractivity contribution is -0.138. The number of nitrogens with two attached hydrogens (primary N) is 1. The number of hydrogen-bond donors (Lipinski definition) is 3. The van der Waals surface area contributed by atoms with E-state index in [0.717, 1.165) is 0 Å². The normalized spacial score (nSPS) is 11.3. The van der Waals surface area contributed by atoms with Crippen molar-refractivity contribution in [2.24, 2.45) is 10.8 Å². The van der Waals surface area contributed by atoms with Gasteiger partial charge in [-0.1, -0.05) is 5.11 Å². The summed E-state index contributed by atoms with van der Waals surface area (Å²) in [6.45, 7) is 0.415. The molecule has 0 aromatic rings. The van der Waals surface area contributed by atoms with Crippen molar-refractivity contribution in [3.63, 3.8) is 0 Å². The minimum atomic E-state index is -1.13.